The maximum absolute atomic E-state index is 11.4. The second kappa shape index (κ2) is 3.49. The van der Waals surface area contributed by atoms with E-state index in [0.717, 1.165) is 0 Å². The summed E-state index contributed by atoms with van der Waals surface area (Å²) in [6, 6.07) is 6.95. The minimum absolute atomic E-state index is 0.00630. The molecule has 0 aliphatic rings. The molecule has 1 aromatic heterocycles. The molecule has 0 aliphatic heterocycles. The summed E-state index contributed by atoms with van der Waals surface area (Å²) < 4.78 is 6.26. The zero-order valence-corrected chi connectivity index (χ0v) is 7.75. The van der Waals surface area contributed by atoms with E-state index in [1.807, 2.05) is 0 Å². The molecule has 2 rings (SSSR count). The molecule has 0 atom stereocenters. The van der Waals surface area contributed by atoms with Crippen LogP contribution in [0.3, 0.4) is 0 Å². The molecule has 0 saturated carbocycles. The highest BCUT2D eigenvalue weighted by Crippen LogP contribution is 2.11. The molecule has 1 heterocycles. The number of aromatic nitrogens is 1. The van der Waals surface area contributed by atoms with Crippen LogP contribution in [0.25, 0.3) is 11.1 Å². The van der Waals surface area contributed by atoms with Gasteiger partial charge in [0.25, 0.3) is 0 Å². The van der Waals surface area contributed by atoms with Crippen LogP contribution in [0.4, 0.5) is 0 Å². The van der Waals surface area contributed by atoms with Crippen LogP contribution in [0.15, 0.2) is 38.6 Å². The van der Waals surface area contributed by atoms with E-state index in [9.17, 15) is 4.79 Å². The molecule has 0 aliphatic carbocycles. The molecule has 0 unspecified atom stereocenters. The van der Waals surface area contributed by atoms with E-state index in [0.29, 0.717) is 11.1 Å². The van der Waals surface area contributed by atoms with Crippen molar-refractivity contribution in [3.8, 4) is 0 Å². The van der Waals surface area contributed by atoms with Crippen molar-refractivity contribution in [2.24, 2.45) is 10.9 Å². The van der Waals surface area contributed by atoms with Gasteiger partial charge in [-0.15, -0.1) is 0 Å². The highest BCUT2D eigenvalue weighted by atomic mass is 16.4. The zero-order chi connectivity index (χ0) is 10.8. The maximum Gasteiger partial charge on any atom is 0.420 e. The van der Waals surface area contributed by atoms with Gasteiger partial charge < -0.3 is 15.4 Å². The number of hydrogen-bond donors (Lipinski definition) is 2. The van der Waals surface area contributed by atoms with Crippen molar-refractivity contribution >= 4 is 16.9 Å². The van der Waals surface area contributed by atoms with Crippen molar-refractivity contribution in [2.75, 3.05) is 0 Å². The number of fused-ring (bicyclic) bond motifs is 1. The predicted octanol–water partition coefficient (Wildman–Crippen LogP) is 0.341. The number of hydrogen-bond acceptors (Lipinski definition) is 4. The number of oxime groups is 1. The van der Waals surface area contributed by atoms with E-state index in [1.165, 1.54) is 4.57 Å². The number of oxazole rings is 1. The van der Waals surface area contributed by atoms with Crippen molar-refractivity contribution in [2.45, 2.75) is 6.54 Å². The largest absolute Gasteiger partial charge is 0.420 e. The average Bonchev–Trinajstić information content (AvgIpc) is 2.55. The summed E-state index contributed by atoms with van der Waals surface area (Å²) in [5.74, 6) is -0.577. The second-order valence-corrected chi connectivity index (χ2v) is 3.01. The van der Waals surface area contributed by atoms with Crippen molar-refractivity contribution in [3.63, 3.8) is 0 Å². The van der Waals surface area contributed by atoms with Gasteiger partial charge in [0, 0.05) is 0 Å². The Morgan fingerprint density at radius 1 is 1.53 bits per heavy atom. The number of benzene rings is 1. The van der Waals surface area contributed by atoms with Gasteiger partial charge in [-0.25, -0.2) is 4.79 Å². The fourth-order valence-electron chi connectivity index (χ4n) is 1.36. The minimum atomic E-state index is -0.525. The lowest BCUT2D eigenvalue weighted by Gasteiger charge is -1.98. The van der Waals surface area contributed by atoms with E-state index in [2.05, 4.69) is 5.16 Å². The van der Waals surface area contributed by atoms with Crippen LogP contribution < -0.4 is 11.5 Å². The molecule has 0 bridgehead atoms. The molecular formula is C9H9N3O3. The van der Waals surface area contributed by atoms with Gasteiger partial charge in [-0.3, -0.25) is 4.57 Å². The average molecular weight is 207 g/mol. The van der Waals surface area contributed by atoms with Gasteiger partial charge in [0.1, 0.15) is 0 Å². The van der Waals surface area contributed by atoms with Crippen LogP contribution >= 0.6 is 0 Å². The molecule has 0 spiro atoms. The minimum Gasteiger partial charge on any atom is -0.409 e. The third-order valence-corrected chi connectivity index (χ3v) is 2.02. The third-order valence-electron chi connectivity index (χ3n) is 2.02. The van der Waals surface area contributed by atoms with Crippen LogP contribution in [-0.4, -0.2) is 15.6 Å². The molecule has 78 valence electrons. The quantitative estimate of drug-likeness (QED) is 0.321. The predicted molar refractivity (Wildman–Crippen MR) is 53.9 cm³/mol. The van der Waals surface area contributed by atoms with Crippen LogP contribution in [0.5, 0.6) is 0 Å². The summed E-state index contributed by atoms with van der Waals surface area (Å²) in [6.45, 7) is 0.00630. The molecule has 6 nitrogen and oxygen atoms in total. The molecule has 3 N–H and O–H groups in total. The Kier molecular flexibility index (Phi) is 2.17. The highest BCUT2D eigenvalue weighted by Gasteiger charge is 2.09. The Balaban J connectivity index is 2.59. The van der Waals surface area contributed by atoms with Crippen LogP contribution in [0.2, 0.25) is 0 Å². The standard InChI is InChI=1S/C9H9N3O3/c10-8(11-14)5-12-6-3-1-2-4-7(6)15-9(12)13/h1-4,14H,5H2,(H2,10,11). The van der Waals surface area contributed by atoms with E-state index >= 15 is 0 Å². The summed E-state index contributed by atoms with van der Waals surface area (Å²) >= 11 is 0. The molecule has 0 radical (unpaired) electrons. The van der Waals surface area contributed by atoms with Crippen molar-refractivity contribution < 1.29 is 9.62 Å². The Bertz CT molecular complexity index is 567. The van der Waals surface area contributed by atoms with E-state index in [-0.39, 0.29) is 12.4 Å². The molecule has 1 aromatic carbocycles. The summed E-state index contributed by atoms with van der Waals surface area (Å²) in [5.41, 5.74) is 6.42. The third kappa shape index (κ3) is 1.56. The van der Waals surface area contributed by atoms with Crippen LogP contribution in [-0.2, 0) is 6.54 Å². The Morgan fingerprint density at radius 3 is 3.00 bits per heavy atom. The van der Waals surface area contributed by atoms with Gasteiger partial charge in [0.15, 0.2) is 11.4 Å². The molecule has 6 heteroatoms. The Labute approximate surface area is 84.2 Å². The van der Waals surface area contributed by atoms with Gasteiger partial charge in [-0.1, -0.05) is 17.3 Å². The van der Waals surface area contributed by atoms with Crippen molar-refractivity contribution in [3.05, 3.63) is 34.8 Å². The smallest absolute Gasteiger partial charge is 0.409 e. The number of nitrogens with zero attached hydrogens (tertiary/aromatic N) is 2. The normalized spacial score (nSPS) is 12.1. The van der Waals surface area contributed by atoms with E-state index < -0.39 is 5.76 Å². The fraction of sp³-hybridized carbons (Fsp3) is 0.111. The van der Waals surface area contributed by atoms with Gasteiger partial charge in [-0.2, -0.15) is 0 Å². The summed E-state index contributed by atoms with van der Waals surface area (Å²) in [4.78, 5) is 11.4. The Morgan fingerprint density at radius 2 is 2.27 bits per heavy atom. The van der Waals surface area contributed by atoms with Crippen molar-refractivity contribution in [1.29, 1.82) is 0 Å². The number of nitrogens with two attached hydrogens (primary N) is 1. The Hall–Kier alpha value is -2.24. The topological polar surface area (TPSA) is 93.8 Å². The summed E-state index contributed by atoms with van der Waals surface area (Å²) in [7, 11) is 0. The monoisotopic (exact) mass is 207 g/mol. The first kappa shape index (κ1) is 9.32. The molecule has 2 aromatic rings. The van der Waals surface area contributed by atoms with Gasteiger partial charge in [0.05, 0.1) is 12.1 Å². The first-order valence-electron chi connectivity index (χ1n) is 4.27. The first-order valence-corrected chi connectivity index (χ1v) is 4.27. The number of rotatable bonds is 2. The van der Waals surface area contributed by atoms with Crippen LogP contribution in [0.1, 0.15) is 0 Å². The van der Waals surface area contributed by atoms with Crippen LogP contribution in [0, 0.1) is 0 Å². The second-order valence-electron chi connectivity index (χ2n) is 3.01. The van der Waals surface area contributed by atoms with E-state index in [1.54, 1.807) is 24.3 Å². The summed E-state index contributed by atoms with van der Waals surface area (Å²) in [6.07, 6.45) is 0. The lowest BCUT2D eigenvalue weighted by atomic mass is 10.3. The zero-order valence-electron chi connectivity index (χ0n) is 7.75. The molecular weight excluding hydrogens is 198 g/mol. The molecule has 0 saturated heterocycles. The molecule has 15 heavy (non-hydrogen) atoms. The van der Waals surface area contributed by atoms with Crippen molar-refractivity contribution in [1.82, 2.24) is 4.57 Å². The highest BCUT2D eigenvalue weighted by molar-refractivity contribution is 5.81. The fourth-order valence-corrected chi connectivity index (χ4v) is 1.36. The van der Waals surface area contributed by atoms with E-state index in [4.69, 9.17) is 15.4 Å². The van der Waals surface area contributed by atoms with Gasteiger partial charge in [0.2, 0.25) is 0 Å². The first-order chi connectivity index (χ1) is 7.22. The number of amidine groups is 1. The number of para-hydroxylation sites is 2. The molecule has 0 fully saturated rings. The lowest BCUT2D eigenvalue weighted by molar-refractivity contribution is 0.316. The van der Waals surface area contributed by atoms with Gasteiger partial charge in [-0.05, 0) is 12.1 Å². The molecule has 0 amide bonds. The maximum atomic E-state index is 11.4. The lowest BCUT2D eigenvalue weighted by Crippen LogP contribution is -2.25. The summed E-state index contributed by atoms with van der Waals surface area (Å²) in [5, 5.41) is 11.2. The van der Waals surface area contributed by atoms with Gasteiger partial charge >= 0.3 is 5.76 Å². The SMILES string of the molecule is N/C(Cn1c(=O)oc2ccccc21)=N\O.